The summed E-state index contributed by atoms with van der Waals surface area (Å²) in [4.78, 5) is 30.0. The van der Waals surface area contributed by atoms with E-state index in [1.807, 2.05) is 25.1 Å². The fourth-order valence-corrected chi connectivity index (χ4v) is 5.74. The van der Waals surface area contributed by atoms with Gasteiger partial charge in [0.2, 0.25) is 0 Å². The van der Waals surface area contributed by atoms with Gasteiger partial charge in [-0.05, 0) is 23.6 Å². The van der Waals surface area contributed by atoms with Crippen molar-refractivity contribution in [2.75, 3.05) is 31.5 Å². The van der Waals surface area contributed by atoms with Crippen molar-refractivity contribution in [3.63, 3.8) is 0 Å². The maximum atomic E-state index is 13.1. The molecule has 0 atom stereocenters. The maximum absolute atomic E-state index is 13.1. The molecule has 3 aromatic carbocycles. The Balaban J connectivity index is 1.25. The average Bonchev–Trinajstić information content (AvgIpc) is 3.34. The van der Waals surface area contributed by atoms with Crippen LogP contribution in [0.4, 0.5) is 5.69 Å². The lowest BCUT2D eigenvalue weighted by Crippen LogP contribution is -2.47. The molecular formula is C34H34N6O. The first-order chi connectivity index (χ1) is 20.2. The predicted octanol–water partition coefficient (Wildman–Crippen LogP) is 5.94. The summed E-state index contributed by atoms with van der Waals surface area (Å²) in [5.41, 5.74) is 7.87. The normalized spacial score (nSPS) is 14.3. The zero-order chi connectivity index (χ0) is 28.0. The number of aryl methyl sites for hydroxylation is 1. The largest absolute Gasteiger partial charge is 0.357 e. The summed E-state index contributed by atoms with van der Waals surface area (Å²) in [6, 6.07) is 32.1. The lowest BCUT2D eigenvalue weighted by molar-refractivity contribution is 0.101. The summed E-state index contributed by atoms with van der Waals surface area (Å²) in [6.45, 7) is 6.46. The van der Waals surface area contributed by atoms with Gasteiger partial charge in [0.1, 0.15) is 5.69 Å². The van der Waals surface area contributed by atoms with Gasteiger partial charge in [0.05, 0.1) is 23.6 Å². The SMILES string of the molecule is Cc1[nH]c(-c2ccccc2)c(CN2CCN(C(c3ccccc3)c3ccccc3)CC2)c1NC(=O)c1cnccn1. The fourth-order valence-electron chi connectivity index (χ4n) is 5.74. The van der Waals surface area contributed by atoms with Crippen molar-refractivity contribution in [1.82, 2.24) is 24.8 Å². The number of amides is 1. The van der Waals surface area contributed by atoms with E-state index in [1.54, 1.807) is 6.20 Å². The number of carbonyl (C=O) groups is 1. The highest BCUT2D eigenvalue weighted by Gasteiger charge is 2.28. The van der Waals surface area contributed by atoms with Gasteiger partial charge in [-0.1, -0.05) is 91.0 Å². The molecule has 0 unspecified atom stereocenters. The standard InChI is InChI=1S/C34H34N6O/c1-25-31(38-34(41)30-23-35-17-18-36-30)29(32(37-25)26-11-5-2-6-12-26)24-39-19-21-40(22-20-39)33(27-13-7-3-8-14-27)28-15-9-4-10-16-28/h2-18,23,33,37H,19-22,24H2,1H3,(H,38,41). The van der Waals surface area contributed by atoms with Crippen molar-refractivity contribution in [3.05, 3.63) is 138 Å². The molecule has 1 amide bonds. The van der Waals surface area contributed by atoms with Crippen LogP contribution < -0.4 is 5.32 Å². The molecule has 1 saturated heterocycles. The molecule has 1 aliphatic heterocycles. The van der Waals surface area contributed by atoms with E-state index in [0.717, 1.165) is 60.9 Å². The third-order valence-corrected chi connectivity index (χ3v) is 7.77. The number of carbonyl (C=O) groups excluding carboxylic acids is 1. The van der Waals surface area contributed by atoms with Crippen LogP contribution in [0.3, 0.4) is 0 Å². The van der Waals surface area contributed by atoms with Gasteiger partial charge < -0.3 is 10.3 Å². The van der Waals surface area contributed by atoms with Crippen LogP contribution in [0.2, 0.25) is 0 Å². The summed E-state index contributed by atoms with van der Waals surface area (Å²) in [5.74, 6) is -0.264. The molecule has 41 heavy (non-hydrogen) atoms. The van der Waals surface area contributed by atoms with E-state index >= 15 is 0 Å². The van der Waals surface area contributed by atoms with E-state index in [9.17, 15) is 4.79 Å². The van der Waals surface area contributed by atoms with Crippen molar-refractivity contribution < 1.29 is 4.79 Å². The number of piperazine rings is 1. The average molecular weight is 543 g/mol. The van der Waals surface area contributed by atoms with Gasteiger partial charge in [0.15, 0.2) is 0 Å². The topological polar surface area (TPSA) is 77.2 Å². The number of nitrogens with zero attached hydrogens (tertiary/aromatic N) is 4. The molecule has 0 saturated carbocycles. The minimum absolute atomic E-state index is 0.218. The monoisotopic (exact) mass is 542 g/mol. The number of hydrogen-bond donors (Lipinski definition) is 2. The first-order valence-electron chi connectivity index (χ1n) is 14.1. The Morgan fingerprint density at radius 1 is 0.854 bits per heavy atom. The number of benzene rings is 3. The van der Waals surface area contributed by atoms with Crippen LogP contribution in [0.1, 0.15) is 38.9 Å². The van der Waals surface area contributed by atoms with Gasteiger partial charge in [-0.25, -0.2) is 4.98 Å². The molecule has 7 heteroatoms. The summed E-state index contributed by atoms with van der Waals surface area (Å²) in [7, 11) is 0. The summed E-state index contributed by atoms with van der Waals surface area (Å²) in [6.07, 6.45) is 4.59. The lowest BCUT2D eigenvalue weighted by Gasteiger charge is -2.40. The van der Waals surface area contributed by atoms with Crippen LogP contribution in [-0.4, -0.2) is 56.8 Å². The van der Waals surface area contributed by atoms with Crippen molar-refractivity contribution in [1.29, 1.82) is 0 Å². The molecule has 2 aromatic heterocycles. The minimum atomic E-state index is -0.264. The van der Waals surface area contributed by atoms with E-state index in [2.05, 4.69) is 103 Å². The van der Waals surface area contributed by atoms with Gasteiger partial charge in [0, 0.05) is 56.4 Å². The lowest BCUT2D eigenvalue weighted by atomic mass is 9.96. The molecule has 7 nitrogen and oxygen atoms in total. The van der Waals surface area contributed by atoms with Crippen LogP contribution in [0, 0.1) is 6.92 Å². The number of anilines is 1. The Morgan fingerprint density at radius 2 is 1.46 bits per heavy atom. The second kappa shape index (κ2) is 12.3. The van der Waals surface area contributed by atoms with Gasteiger partial charge in [-0.15, -0.1) is 0 Å². The molecule has 0 bridgehead atoms. The zero-order valence-corrected chi connectivity index (χ0v) is 23.2. The molecule has 0 radical (unpaired) electrons. The Labute approximate surface area is 240 Å². The van der Waals surface area contributed by atoms with Crippen LogP contribution in [0.25, 0.3) is 11.3 Å². The summed E-state index contributed by atoms with van der Waals surface area (Å²) in [5, 5.41) is 3.14. The van der Waals surface area contributed by atoms with Gasteiger partial charge in [-0.2, -0.15) is 0 Å². The van der Waals surface area contributed by atoms with Crippen LogP contribution in [0.15, 0.2) is 110 Å². The molecule has 1 fully saturated rings. The van der Waals surface area contributed by atoms with E-state index in [4.69, 9.17) is 0 Å². The minimum Gasteiger partial charge on any atom is -0.357 e. The number of aromatic nitrogens is 3. The molecule has 0 aliphatic carbocycles. The summed E-state index contributed by atoms with van der Waals surface area (Å²) < 4.78 is 0. The molecule has 2 N–H and O–H groups in total. The third-order valence-electron chi connectivity index (χ3n) is 7.77. The second-order valence-corrected chi connectivity index (χ2v) is 10.4. The number of aromatic amines is 1. The molecule has 1 aliphatic rings. The number of H-pyrrole nitrogens is 1. The predicted molar refractivity (Wildman–Crippen MR) is 163 cm³/mol. The van der Waals surface area contributed by atoms with Crippen LogP contribution >= 0.6 is 0 Å². The van der Waals surface area contributed by atoms with Crippen molar-refractivity contribution in [3.8, 4) is 11.3 Å². The van der Waals surface area contributed by atoms with Crippen molar-refractivity contribution in [2.24, 2.45) is 0 Å². The Morgan fingerprint density at radius 3 is 2.05 bits per heavy atom. The third kappa shape index (κ3) is 5.96. The van der Waals surface area contributed by atoms with Gasteiger partial charge in [-0.3, -0.25) is 19.6 Å². The van der Waals surface area contributed by atoms with E-state index in [1.165, 1.54) is 23.5 Å². The molecule has 206 valence electrons. The molecule has 6 rings (SSSR count). The Kier molecular flexibility index (Phi) is 7.98. The smallest absolute Gasteiger partial charge is 0.275 e. The highest BCUT2D eigenvalue weighted by atomic mass is 16.1. The maximum Gasteiger partial charge on any atom is 0.275 e. The van der Waals surface area contributed by atoms with Crippen molar-refractivity contribution in [2.45, 2.75) is 19.5 Å². The number of hydrogen-bond acceptors (Lipinski definition) is 5. The van der Waals surface area contributed by atoms with Crippen LogP contribution in [0.5, 0.6) is 0 Å². The molecule has 3 heterocycles. The van der Waals surface area contributed by atoms with Crippen molar-refractivity contribution >= 4 is 11.6 Å². The highest BCUT2D eigenvalue weighted by Crippen LogP contribution is 2.35. The first kappa shape index (κ1) is 26.6. The molecule has 5 aromatic rings. The zero-order valence-electron chi connectivity index (χ0n) is 23.2. The second-order valence-electron chi connectivity index (χ2n) is 10.4. The van der Waals surface area contributed by atoms with E-state index in [-0.39, 0.29) is 11.9 Å². The first-order valence-corrected chi connectivity index (χ1v) is 14.1. The Hall–Kier alpha value is -4.59. The van der Waals surface area contributed by atoms with E-state index < -0.39 is 0 Å². The molecular weight excluding hydrogens is 508 g/mol. The number of nitrogens with one attached hydrogen (secondary N) is 2. The van der Waals surface area contributed by atoms with Gasteiger partial charge in [0.25, 0.3) is 5.91 Å². The summed E-state index contributed by atoms with van der Waals surface area (Å²) >= 11 is 0. The Bertz CT molecular complexity index is 1520. The van der Waals surface area contributed by atoms with E-state index in [0.29, 0.717) is 5.69 Å². The fraction of sp³-hybridized carbons (Fsp3) is 0.206. The quantitative estimate of drug-likeness (QED) is 0.254. The van der Waals surface area contributed by atoms with Crippen LogP contribution in [-0.2, 0) is 6.54 Å². The highest BCUT2D eigenvalue weighted by molar-refractivity contribution is 6.04. The number of rotatable bonds is 8. The van der Waals surface area contributed by atoms with Gasteiger partial charge >= 0.3 is 0 Å². The molecule has 0 spiro atoms.